The van der Waals surface area contributed by atoms with Crippen molar-refractivity contribution in [3.63, 3.8) is 0 Å². The highest BCUT2D eigenvalue weighted by Crippen LogP contribution is 2.39. The van der Waals surface area contributed by atoms with Gasteiger partial charge in [-0.1, -0.05) is 36.4 Å². The second-order valence-electron chi connectivity index (χ2n) is 10.1. The first kappa shape index (κ1) is 24.8. The first-order valence-corrected chi connectivity index (χ1v) is 12.5. The van der Waals surface area contributed by atoms with E-state index in [0.29, 0.717) is 12.1 Å². The number of rotatable bonds is 5. The number of fused-ring (bicyclic) bond motifs is 1. The molecule has 0 bridgehead atoms. The molecule has 6 nitrogen and oxygen atoms in total. The highest BCUT2D eigenvalue weighted by atomic mass is 16.5. The Morgan fingerprint density at radius 3 is 2.32 bits per heavy atom. The minimum Gasteiger partial charge on any atom is -0.495 e. The molecule has 3 aromatic carbocycles. The molecule has 1 N–H and O–H groups in total. The van der Waals surface area contributed by atoms with Crippen LogP contribution in [0.3, 0.4) is 0 Å². The molecule has 1 aliphatic heterocycles. The largest absolute Gasteiger partial charge is 0.495 e. The van der Waals surface area contributed by atoms with Gasteiger partial charge in [0.25, 0.3) is 0 Å². The van der Waals surface area contributed by atoms with Gasteiger partial charge in [-0.05, 0) is 62.2 Å². The Bertz CT molecular complexity index is 1450. The summed E-state index contributed by atoms with van der Waals surface area (Å²) < 4.78 is 11.9. The van der Waals surface area contributed by atoms with Gasteiger partial charge < -0.3 is 19.5 Å². The number of hydrogen-bond donors (Lipinski definition) is 1. The minimum absolute atomic E-state index is 0.0277. The number of benzene rings is 3. The molecule has 4 aromatic rings. The predicted molar refractivity (Wildman–Crippen MR) is 147 cm³/mol. The van der Waals surface area contributed by atoms with Crippen LogP contribution in [0, 0.1) is 11.3 Å². The molecule has 2 heterocycles. The van der Waals surface area contributed by atoms with Gasteiger partial charge in [0.2, 0.25) is 0 Å². The smallest absolute Gasteiger partial charge is 0.137 e. The molecule has 1 fully saturated rings. The Morgan fingerprint density at radius 2 is 1.68 bits per heavy atom. The number of nitrogens with zero attached hydrogens (tertiary/aromatic N) is 3. The van der Waals surface area contributed by atoms with Crippen molar-refractivity contribution in [3.05, 3.63) is 78.5 Å². The Kier molecular flexibility index (Phi) is 6.59. The van der Waals surface area contributed by atoms with E-state index < -0.39 is 5.60 Å². The SMILES string of the molecule is COc1c(-c2ccc(N3CC(C(C)(C)O)O[C@@H](C)C3)cc2)cnc2c(-c3ccc(C#N)cc3)cccc12. The van der Waals surface area contributed by atoms with Crippen LogP contribution in [-0.2, 0) is 4.74 Å². The van der Waals surface area contributed by atoms with Crippen LogP contribution in [-0.4, -0.2) is 48.1 Å². The number of morpholine rings is 1. The van der Waals surface area contributed by atoms with Gasteiger partial charge in [-0.3, -0.25) is 4.98 Å². The van der Waals surface area contributed by atoms with Crippen LogP contribution < -0.4 is 9.64 Å². The lowest BCUT2D eigenvalue weighted by Crippen LogP contribution is -2.54. The summed E-state index contributed by atoms with van der Waals surface area (Å²) in [4.78, 5) is 7.11. The lowest BCUT2D eigenvalue weighted by molar-refractivity contribution is -0.120. The van der Waals surface area contributed by atoms with Crippen LogP contribution in [0.1, 0.15) is 26.3 Å². The van der Waals surface area contributed by atoms with E-state index in [4.69, 9.17) is 19.7 Å². The lowest BCUT2D eigenvalue weighted by Gasteiger charge is -2.42. The third-order valence-corrected chi connectivity index (χ3v) is 6.97. The highest BCUT2D eigenvalue weighted by Gasteiger charge is 2.35. The van der Waals surface area contributed by atoms with Crippen molar-refractivity contribution >= 4 is 16.6 Å². The molecule has 188 valence electrons. The van der Waals surface area contributed by atoms with E-state index >= 15 is 0 Å². The van der Waals surface area contributed by atoms with Crippen molar-refractivity contribution in [2.24, 2.45) is 0 Å². The molecule has 0 aliphatic carbocycles. The Morgan fingerprint density at radius 1 is 1.00 bits per heavy atom. The van der Waals surface area contributed by atoms with Gasteiger partial charge in [0.1, 0.15) is 11.9 Å². The van der Waals surface area contributed by atoms with E-state index in [-0.39, 0.29) is 12.2 Å². The lowest BCUT2D eigenvalue weighted by atomic mass is 9.97. The summed E-state index contributed by atoms with van der Waals surface area (Å²) in [5.41, 5.74) is 5.58. The van der Waals surface area contributed by atoms with Gasteiger partial charge >= 0.3 is 0 Å². The van der Waals surface area contributed by atoms with Gasteiger partial charge in [0, 0.05) is 41.5 Å². The van der Waals surface area contributed by atoms with Crippen LogP contribution in [0.5, 0.6) is 5.75 Å². The minimum atomic E-state index is -0.909. The number of pyridine rings is 1. The average molecular weight is 494 g/mol. The monoisotopic (exact) mass is 493 g/mol. The van der Waals surface area contributed by atoms with E-state index in [0.717, 1.165) is 51.1 Å². The fourth-order valence-electron chi connectivity index (χ4n) is 4.99. The van der Waals surface area contributed by atoms with Crippen molar-refractivity contribution < 1.29 is 14.6 Å². The number of methoxy groups -OCH3 is 1. The van der Waals surface area contributed by atoms with E-state index in [9.17, 15) is 5.11 Å². The van der Waals surface area contributed by atoms with Crippen LogP contribution in [0.15, 0.2) is 72.9 Å². The fraction of sp³-hybridized carbons (Fsp3) is 0.290. The van der Waals surface area contributed by atoms with Crippen molar-refractivity contribution in [1.29, 1.82) is 5.26 Å². The standard InChI is InChI=1S/C31H31N3O3/c1-20-18-34(19-28(37-20)31(2,3)35)24-14-12-23(13-15-24)27-17-33-29-25(6-5-7-26(29)30(27)36-4)22-10-8-21(16-32)9-11-22/h5-15,17,20,28,35H,18-19H2,1-4H3/t20-,28?/m0/s1. The molecule has 1 unspecified atom stereocenters. The zero-order valence-electron chi connectivity index (χ0n) is 21.6. The molecular formula is C31H31N3O3. The number of ether oxygens (including phenoxy) is 2. The molecule has 6 heteroatoms. The number of anilines is 1. The van der Waals surface area contributed by atoms with Crippen LogP contribution in [0.4, 0.5) is 5.69 Å². The summed E-state index contributed by atoms with van der Waals surface area (Å²) in [6, 6.07) is 24.1. The zero-order valence-corrected chi connectivity index (χ0v) is 21.6. The van der Waals surface area contributed by atoms with Crippen LogP contribution in [0.2, 0.25) is 0 Å². The van der Waals surface area contributed by atoms with E-state index in [1.54, 1.807) is 21.0 Å². The Labute approximate surface area is 217 Å². The van der Waals surface area contributed by atoms with Gasteiger partial charge in [0.05, 0.1) is 36.0 Å². The maximum absolute atomic E-state index is 10.5. The molecular weight excluding hydrogens is 462 g/mol. The van der Waals surface area contributed by atoms with Gasteiger partial charge in [-0.25, -0.2) is 0 Å². The molecule has 37 heavy (non-hydrogen) atoms. The molecule has 0 saturated carbocycles. The Balaban J connectivity index is 1.49. The number of aliphatic hydroxyl groups is 1. The zero-order chi connectivity index (χ0) is 26.2. The third kappa shape index (κ3) is 4.89. The third-order valence-electron chi connectivity index (χ3n) is 6.97. The predicted octanol–water partition coefficient (Wildman–Crippen LogP) is 5.81. The van der Waals surface area contributed by atoms with Crippen molar-refractivity contribution in [3.8, 4) is 34.1 Å². The Hall–Kier alpha value is -3.92. The maximum Gasteiger partial charge on any atom is 0.137 e. The summed E-state index contributed by atoms with van der Waals surface area (Å²) >= 11 is 0. The number of para-hydroxylation sites is 1. The molecule has 0 radical (unpaired) electrons. The molecule has 1 saturated heterocycles. The van der Waals surface area contributed by atoms with Gasteiger partial charge in [-0.15, -0.1) is 0 Å². The molecule has 0 amide bonds. The number of hydrogen-bond acceptors (Lipinski definition) is 6. The van der Waals surface area contributed by atoms with Crippen LogP contribution in [0.25, 0.3) is 33.2 Å². The van der Waals surface area contributed by atoms with E-state index in [1.165, 1.54) is 0 Å². The molecule has 5 rings (SSSR count). The highest BCUT2D eigenvalue weighted by molar-refractivity contribution is 6.00. The topological polar surface area (TPSA) is 78.6 Å². The number of nitriles is 1. The van der Waals surface area contributed by atoms with E-state index in [1.807, 2.05) is 55.6 Å². The average Bonchev–Trinajstić information content (AvgIpc) is 2.91. The number of aromatic nitrogens is 1. The second kappa shape index (κ2) is 9.85. The quantitative estimate of drug-likeness (QED) is 0.378. The molecule has 1 aliphatic rings. The van der Waals surface area contributed by atoms with E-state index in [2.05, 4.69) is 35.2 Å². The summed E-state index contributed by atoms with van der Waals surface area (Å²) in [7, 11) is 1.69. The van der Waals surface area contributed by atoms with Crippen molar-refractivity contribution in [2.75, 3.05) is 25.1 Å². The summed E-state index contributed by atoms with van der Waals surface area (Å²) in [5.74, 6) is 0.773. The second-order valence-corrected chi connectivity index (χ2v) is 10.1. The molecule has 1 aromatic heterocycles. The fourth-order valence-corrected chi connectivity index (χ4v) is 4.99. The van der Waals surface area contributed by atoms with Crippen molar-refractivity contribution in [2.45, 2.75) is 38.6 Å². The van der Waals surface area contributed by atoms with Crippen LogP contribution >= 0.6 is 0 Å². The first-order valence-electron chi connectivity index (χ1n) is 12.5. The first-order chi connectivity index (χ1) is 17.8. The summed E-state index contributed by atoms with van der Waals surface area (Å²) in [6.45, 7) is 7.03. The van der Waals surface area contributed by atoms with Crippen molar-refractivity contribution in [1.82, 2.24) is 4.98 Å². The normalized spacial score (nSPS) is 18.0. The molecule has 2 atom stereocenters. The summed E-state index contributed by atoms with van der Waals surface area (Å²) in [5, 5.41) is 20.6. The molecule has 0 spiro atoms. The summed E-state index contributed by atoms with van der Waals surface area (Å²) in [6.07, 6.45) is 1.63. The maximum atomic E-state index is 10.5. The van der Waals surface area contributed by atoms with Gasteiger partial charge in [-0.2, -0.15) is 5.26 Å². The van der Waals surface area contributed by atoms with Gasteiger partial charge in [0.15, 0.2) is 0 Å².